The van der Waals surface area contributed by atoms with Crippen molar-refractivity contribution in [1.29, 1.82) is 0 Å². The first kappa shape index (κ1) is 20.8. The number of methoxy groups -OCH3 is 1. The fourth-order valence-electron chi connectivity index (χ4n) is 3.25. The van der Waals surface area contributed by atoms with Crippen molar-refractivity contribution in [3.05, 3.63) is 46.7 Å². The zero-order valence-electron chi connectivity index (χ0n) is 15.3. The van der Waals surface area contributed by atoms with E-state index in [1.165, 1.54) is 5.56 Å². The largest absolute Gasteiger partial charge is 0.496 e. The van der Waals surface area contributed by atoms with E-state index < -0.39 is 0 Å². The van der Waals surface area contributed by atoms with Crippen molar-refractivity contribution in [2.45, 2.75) is 18.9 Å². The van der Waals surface area contributed by atoms with Crippen molar-refractivity contribution in [2.75, 3.05) is 27.2 Å². The first-order chi connectivity index (χ1) is 12.1. The molecule has 1 N–H and O–H groups in total. The molecular formula is C18H25ClIN5O. The Morgan fingerprint density at radius 3 is 2.92 bits per heavy atom. The van der Waals surface area contributed by atoms with Crippen LogP contribution in [0.15, 0.2) is 35.6 Å². The average Bonchev–Trinajstić information content (AvgIpc) is 3.25. The predicted octanol–water partition coefficient (Wildman–Crippen LogP) is 3.27. The van der Waals surface area contributed by atoms with Gasteiger partial charge in [0, 0.05) is 56.4 Å². The van der Waals surface area contributed by atoms with Crippen molar-refractivity contribution in [3.8, 4) is 5.75 Å². The Hall–Kier alpha value is -1.48. The van der Waals surface area contributed by atoms with E-state index in [0.29, 0.717) is 17.5 Å². The molecule has 0 bridgehead atoms. The van der Waals surface area contributed by atoms with Crippen LogP contribution in [-0.2, 0) is 13.6 Å². The summed E-state index contributed by atoms with van der Waals surface area (Å²) in [5, 5.41) is 8.38. The number of aromatic nitrogens is 2. The van der Waals surface area contributed by atoms with Crippen LogP contribution in [0.5, 0.6) is 5.75 Å². The van der Waals surface area contributed by atoms with Crippen LogP contribution in [-0.4, -0.2) is 47.9 Å². The molecule has 1 fully saturated rings. The first-order valence-corrected chi connectivity index (χ1v) is 8.75. The van der Waals surface area contributed by atoms with Crippen molar-refractivity contribution >= 4 is 41.5 Å². The summed E-state index contributed by atoms with van der Waals surface area (Å²) in [6.45, 7) is 2.57. The lowest BCUT2D eigenvalue weighted by Gasteiger charge is -2.22. The zero-order valence-corrected chi connectivity index (χ0v) is 18.4. The van der Waals surface area contributed by atoms with Gasteiger partial charge in [-0.1, -0.05) is 17.7 Å². The highest BCUT2D eigenvalue weighted by Gasteiger charge is 2.26. The minimum atomic E-state index is 0. The second-order valence-corrected chi connectivity index (χ2v) is 6.67. The van der Waals surface area contributed by atoms with Crippen LogP contribution < -0.4 is 10.1 Å². The van der Waals surface area contributed by atoms with Crippen LogP contribution in [0.25, 0.3) is 0 Å². The molecule has 0 aliphatic carbocycles. The van der Waals surface area contributed by atoms with E-state index in [1.54, 1.807) is 7.11 Å². The van der Waals surface area contributed by atoms with Crippen LogP contribution in [0.1, 0.15) is 23.5 Å². The van der Waals surface area contributed by atoms with E-state index in [0.717, 1.165) is 36.8 Å². The topological polar surface area (TPSA) is 54.7 Å². The van der Waals surface area contributed by atoms with E-state index in [2.05, 4.69) is 26.5 Å². The van der Waals surface area contributed by atoms with Gasteiger partial charge in [0.1, 0.15) is 5.75 Å². The normalized spacial score (nSPS) is 17.2. The van der Waals surface area contributed by atoms with Crippen LogP contribution in [0.2, 0.25) is 5.02 Å². The van der Waals surface area contributed by atoms with E-state index in [-0.39, 0.29) is 24.0 Å². The van der Waals surface area contributed by atoms with E-state index in [9.17, 15) is 0 Å². The molecule has 0 saturated carbocycles. The average molecular weight is 490 g/mol. The Balaban J connectivity index is 0.00000243. The summed E-state index contributed by atoms with van der Waals surface area (Å²) in [4.78, 5) is 6.73. The van der Waals surface area contributed by atoms with Gasteiger partial charge in [-0.05, 0) is 24.1 Å². The number of likely N-dealkylation sites (tertiary alicyclic amines) is 1. The second kappa shape index (κ2) is 9.45. The van der Waals surface area contributed by atoms with Gasteiger partial charge < -0.3 is 15.0 Å². The third-order valence-electron chi connectivity index (χ3n) is 4.58. The molecule has 6 nitrogen and oxygen atoms in total. The molecule has 142 valence electrons. The summed E-state index contributed by atoms with van der Waals surface area (Å²) in [6.07, 6.45) is 5.17. The van der Waals surface area contributed by atoms with Gasteiger partial charge in [-0.25, -0.2) is 0 Å². The first-order valence-electron chi connectivity index (χ1n) is 8.37. The molecule has 1 saturated heterocycles. The number of aliphatic imine (C=N–C) groups is 1. The monoisotopic (exact) mass is 489 g/mol. The van der Waals surface area contributed by atoms with Gasteiger partial charge in [0.25, 0.3) is 0 Å². The Morgan fingerprint density at radius 1 is 1.46 bits per heavy atom. The number of nitrogens with zero attached hydrogens (tertiary/aromatic N) is 4. The van der Waals surface area contributed by atoms with Gasteiger partial charge in [0.15, 0.2) is 5.96 Å². The number of aryl methyl sites for hydroxylation is 1. The van der Waals surface area contributed by atoms with Crippen LogP contribution >= 0.6 is 35.6 Å². The molecular weight excluding hydrogens is 465 g/mol. The lowest BCUT2D eigenvalue weighted by atomic mass is 10.0. The molecule has 2 heterocycles. The lowest BCUT2D eigenvalue weighted by molar-refractivity contribution is 0.408. The van der Waals surface area contributed by atoms with Gasteiger partial charge in [-0.15, -0.1) is 24.0 Å². The van der Waals surface area contributed by atoms with Gasteiger partial charge in [0.2, 0.25) is 0 Å². The van der Waals surface area contributed by atoms with Gasteiger partial charge in [-0.2, -0.15) is 5.10 Å². The standard InChI is InChI=1S/C18H24ClN5O.HI/c1-20-18(21-9-13-4-5-16(19)8-17(13)25-3)24-7-6-14(12-24)15-10-22-23(2)11-15;/h4-5,8,10-11,14H,6-7,9,12H2,1-3H3,(H,20,21);1H. The lowest BCUT2D eigenvalue weighted by Crippen LogP contribution is -2.39. The predicted molar refractivity (Wildman–Crippen MR) is 116 cm³/mol. The number of ether oxygens (including phenoxy) is 1. The highest BCUT2D eigenvalue weighted by Crippen LogP contribution is 2.27. The molecule has 1 unspecified atom stereocenters. The summed E-state index contributed by atoms with van der Waals surface area (Å²) in [5.41, 5.74) is 2.34. The van der Waals surface area contributed by atoms with Gasteiger partial charge in [0.05, 0.1) is 13.3 Å². The van der Waals surface area contributed by atoms with Crippen molar-refractivity contribution in [3.63, 3.8) is 0 Å². The number of halogens is 2. The Morgan fingerprint density at radius 2 is 2.27 bits per heavy atom. The van der Waals surface area contributed by atoms with Crippen molar-refractivity contribution in [2.24, 2.45) is 12.0 Å². The summed E-state index contributed by atoms with van der Waals surface area (Å²) in [7, 11) is 5.43. The van der Waals surface area contributed by atoms with Crippen molar-refractivity contribution in [1.82, 2.24) is 20.0 Å². The summed E-state index contributed by atoms with van der Waals surface area (Å²) >= 11 is 6.03. The quantitative estimate of drug-likeness (QED) is 0.407. The SMILES string of the molecule is CN=C(NCc1ccc(Cl)cc1OC)N1CCC(c2cnn(C)c2)C1.I. The molecule has 26 heavy (non-hydrogen) atoms. The zero-order chi connectivity index (χ0) is 17.8. The molecule has 1 aromatic heterocycles. The van der Waals surface area contributed by atoms with E-state index in [1.807, 2.05) is 43.2 Å². The number of nitrogens with one attached hydrogen (secondary N) is 1. The fraction of sp³-hybridized carbons (Fsp3) is 0.444. The summed E-state index contributed by atoms with van der Waals surface area (Å²) < 4.78 is 7.27. The maximum absolute atomic E-state index is 6.03. The molecule has 2 aromatic rings. The van der Waals surface area contributed by atoms with Gasteiger partial charge in [-0.3, -0.25) is 9.67 Å². The van der Waals surface area contributed by atoms with Crippen LogP contribution in [0.4, 0.5) is 0 Å². The second-order valence-electron chi connectivity index (χ2n) is 6.24. The van der Waals surface area contributed by atoms with Crippen molar-refractivity contribution < 1.29 is 4.74 Å². The molecule has 0 amide bonds. The third kappa shape index (κ3) is 4.82. The number of guanidine groups is 1. The van der Waals surface area contributed by atoms with E-state index >= 15 is 0 Å². The summed E-state index contributed by atoms with van der Waals surface area (Å²) in [5.74, 6) is 2.19. The maximum Gasteiger partial charge on any atom is 0.193 e. The molecule has 1 aliphatic rings. The fourth-order valence-corrected chi connectivity index (χ4v) is 3.41. The number of hydrogen-bond donors (Lipinski definition) is 1. The third-order valence-corrected chi connectivity index (χ3v) is 4.82. The highest BCUT2D eigenvalue weighted by molar-refractivity contribution is 14.0. The molecule has 8 heteroatoms. The minimum Gasteiger partial charge on any atom is -0.496 e. The van der Waals surface area contributed by atoms with Crippen LogP contribution in [0.3, 0.4) is 0 Å². The number of rotatable bonds is 4. The Labute approximate surface area is 176 Å². The summed E-state index contributed by atoms with van der Waals surface area (Å²) in [6, 6.07) is 5.68. The molecule has 1 atom stereocenters. The number of hydrogen-bond acceptors (Lipinski definition) is 3. The molecule has 1 aromatic carbocycles. The Bertz CT molecular complexity index is 764. The Kier molecular flexibility index (Phi) is 7.57. The molecule has 0 spiro atoms. The number of benzene rings is 1. The minimum absolute atomic E-state index is 0. The van der Waals surface area contributed by atoms with E-state index in [4.69, 9.17) is 16.3 Å². The maximum atomic E-state index is 6.03. The molecule has 1 aliphatic heterocycles. The smallest absolute Gasteiger partial charge is 0.193 e. The molecule has 3 rings (SSSR count). The van der Waals surface area contributed by atoms with Gasteiger partial charge >= 0.3 is 0 Å². The molecule has 0 radical (unpaired) electrons. The highest BCUT2D eigenvalue weighted by atomic mass is 127. The van der Waals surface area contributed by atoms with Crippen LogP contribution in [0, 0.1) is 0 Å².